The third-order valence-corrected chi connectivity index (χ3v) is 2.75. The fourth-order valence-corrected chi connectivity index (χ4v) is 2.08. The van der Waals surface area contributed by atoms with E-state index < -0.39 is 0 Å². The van der Waals surface area contributed by atoms with Crippen LogP contribution in [0.3, 0.4) is 0 Å². The SMILES string of the molecule is Cc1nnc(NC(=O)CN2CC(C)OC(CO)C2)o1. The third-order valence-electron chi connectivity index (χ3n) is 2.75. The molecular weight excluding hydrogens is 252 g/mol. The zero-order valence-corrected chi connectivity index (χ0v) is 11.0. The Kier molecular flexibility index (Phi) is 4.46. The average molecular weight is 270 g/mol. The first-order valence-corrected chi connectivity index (χ1v) is 6.15. The molecule has 0 aromatic carbocycles. The van der Waals surface area contributed by atoms with E-state index in [9.17, 15) is 4.79 Å². The molecule has 8 heteroatoms. The van der Waals surface area contributed by atoms with Crippen LogP contribution in [0.25, 0.3) is 0 Å². The molecule has 19 heavy (non-hydrogen) atoms. The van der Waals surface area contributed by atoms with Gasteiger partial charge in [-0.2, -0.15) is 0 Å². The number of hydrogen-bond acceptors (Lipinski definition) is 7. The maximum atomic E-state index is 11.8. The summed E-state index contributed by atoms with van der Waals surface area (Å²) in [5.41, 5.74) is 0. The van der Waals surface area contributed by atoms with Crippen LogP contribution in [0.4, 0.5) is 6.01 Å². The zero-order valence-electron chi connectivity index (χ0n) is 11.0. The summed E-state index contributed by atoms with van der Waals surface area (Å²) in [5, 5.41) is 19.0. The van der Waals surface area contributed by atoms with Crippen molar-refractivity contribution in [2.24, 2.45) is 0 Å². The van der Waals surface area contributed by atoms with E-state index >= 15 is 0 Å². The van der Waals surface area contributed by atoms with Crippen LogP contribution < -0.4 is 5.32 Å². The second kappa shape index (κ2) is 6.09. The molecule has 1 fully saturated rings. The Morgan fingerprint density at radius 2 is 2.32 bits per heavy atom. The van der Waals surface area contributed by atoms with Crippen LogP contribution in [0, 0.1) is 6.92 Å². The Morgan fingerprint density at radius 3 is 2.95 bits per heavy atom. The molecule has 0 saturated carbocycles. The van der Waals surface area contributed by atoms with Gasteiger partial charge in [-0.25, -0.2) is 0 Å². The highest BCUT2D eigenvalue weighted by molar-refractivity contribution is 5.90. The topological polar surface area (TPSA) is 101 Å². The highest BCUT2D eigenvalue weighted by Gasteiger charge is 2.26. The molecule has 1 saturated heterocycles. The molecule has 8 nitrogen and oxygen atoms in total. The fraction of sp³-hybridized carbons (Fsp3) is 0.727. The number of nitrogens with zero attached hydrogens (tertiary/aromatic N) is 3. The van der Waals surface area contributed by atoms with Gasteiger partial charge >= 0.3 is 6.01 Å². The smallest absolute Gasteiger partial charge is 0.322 e. The Labute approximate surface area is 110 Å². The number of carbonyl (C=O) groups is 1. The fourth-order valence-electron chi connectivity index (χ4n) is 2.08. The lowest BCUT2D eigenvalue weighted by atomic mass is 10.2. The molecule has 2 unspecified atom stereocenters. The Hall–Kier alpha value is -1.51. The van der Waals surface area contributed by atoms with Crippen molar-refractivity contribution in [1.29, 1.82) is 0 Å². The van der Waals surface area contributed by atoms with Crippen LogP contribution >= 0.6 is 0 Å². The van der Waals surface area contributed by atoms with Crippen molar-refractivity contribution in [1.82, 2.24) is 15.1 Å². The summed E-state index contributed by atoms with van der Waals surface area (Å²) in [6.45, 7) is 4.88. The Morgan fingerprint density at radius 1 is 1.53 bits per heavy atom. The van der Waals surface area contributed by atoms with Crippen molar-refractivity contribution in [2.75, 3.05) is 31.6 Å². The lowest BCUT2D eigenvalue weighted by Gasteiger charge is -2.35. The van der Waals surface area contributed by atoms with E-state index in [4.69, 9.17) is 14.3 Å². The summed E-state index contributed by atoms with van der Waals surface area (Å²) in [6.07, 6.45) is -0.258. The molecule has 2 heterocycles. The van der Waals surface area contributed by atoms with Crippen LogP contribution in [0.15, 0.2) is 4.42 Å². The number of amides is 1. The van der Waals surface area contributed by atoms with Gasteiger partial charge < -0.3 is 14.3 Å². The summed E-state index contributed by atoms with van der Waals surface area (Å²) in [6, 6.07) is 0.0996. The summed E-state index contributed by atoms with van der Waals surface area (Å²) in [7, 11) is 0. The number of aromatic nitrogens is 2. The van der Waals surface area contributed by atoms with Crippen molar-refractivity contribution in [3.8, 4) is 0 Å². The van der Waals surface area contributed by atoms with Crippen molar-refractivity contribution in [3.63, 3.8) is 0 Å². The highest BCUT2D eigenvalue weighted by atomic mass is 16.5. The second-order valence-electron chi connectivity index (χ2n) is 4.62. The molecule has 0 bridgehead atoms. The molecule has 0 aliphatic carbocycles. The largest absolute Gasteiger partial charge is 0.408 e. The number of aliphatic hydroxyl groups excluding tert-OH is 1. The number of rotatable bonds is 4. The van der Waals surface area contributed by atoms with Crippen LogP contribution in [0.2, 0.25) is 0 Å². The van der Waals surface area contributed by atoms with Gasteiger partial charge in [0.2, 0.25) is 11.8 Å². The molecule has 1 aliphatic rings. The van der Waals surface area contributed by atoms with Crippen LogP contribution in [-0.2, 0) is 9.53 Å². The minimum atomic E-state index is -0.248. The normalized spacial score (nSPS) is 24.4. The number of aryl methyl sites for hydroxylation is 1. The number of anilines is 1. The molecule has 1 aromatic heterocycles. The standard InChI is InChI=1S/C11H18N4O4/c1-7-3-15(4-9(6-16)18-7)5-10(17)12-11-14-13-8(2)19-11/h7,9,16H,3-6H2,1-2H3,(H,12,14,17). The molecule has 2 N–H and O–H groups in total. The van der Waals surface area contributed by atoms with Gasteiger partial charge in [0, 0.05) is 20.0 Å². The van der Waals surface area contributed by atoms with Gasteiger partial charge in [-0.1, -0.05) is 5.10 Å². The van der Waals surface area contributed by atoms with Gasteiger partial charge in [0.1, 0.15) is 0 Å². The number of carbonyl (C=O) groups excluding carboxylic acids is 1. The lowest BCUT2D eigenvalue weighted by Crippen LogP contribution is -2.50. The number of ether oxygens (including phenoxy) is 1. The highest BCUT2D eigenvalue weighted by Crippen LogP contribution is 2.11. The van der Waals surface area contributed by atoms with Gasteiger partial charge in [-0.3, -0.25) is 15.0 Å². The molecule has 1 aromatic rings. The van der Waals surface area contributed by atoms with E-state index in [0.717, 1.165) is 0 Å². The van der Waals surface area contributed by atoms with E-state index in [2.05, 4.69) is 15.5 Å². The van der Waals surface area contributed by atoms with E-state index in [0.29, 0.717) is 19.0 Å². The minimum Gasteiger partial charge on any atom is -0.408 e. The monoisotopic (exact) mass is 270 g/mol. The first-order chi connectivity index (χ1) is 9.06. The lowest BCUT2D eigenvalue weighted by molar-refractivity contribution is -0.124. The van der Waals surface area contributed by atoms with E-state index in [1.807, 2.05) is 11.8 Å². The van der Waals surface area contributed by atoms with E-state index in [1.165, 1.54) is 0 Å². The molecule has 2 atom stereocenters. The molecule has 106 valence electrons. The van der Waals surface area contributed by atoms with Crippen molar-refractivity contribution >= 4 is 11.9 Å². The van der Waals surface area contributed by atoms with E-state index in [1.54, 1.807) is 6.92 Å². The molecule has 0 radical (unpaired) electrons. The molecule has 0 spiro atoms. The molecule has 1 aliphatic heterocycles. The Bertz CT molecular complexity index is 436. The van der Waals surface area contributed by atoms with Crippen LogP contribution in [0.5, 0.6) is 0 Å². The van der Waals surface area contributed by atoms with Gasteiger partial charge in [-0.05, 0) is 6.92 Å². The van der Waals surface area contributed by atoms with Gasteiger partial charge in [0.25, 0.3) is 0 Å². The van der Waals surface area contributed by atoms with Crippen molar-refractivity contribution in [3.05, 3.63) is 5.89 Å². The zero-order chi connectivity index (χ0) is 13.8. The maximum absolute atomic E-state index is 11.8. The van der Waals surface area contributed by atoms with Crippen molar-refractivity contribution < 1.29 is 19.1 Å². The number of hydrogen-bond donors (Lipinski definition) is 2. The number of nitrogens with one attached hydrogen (secondary N) is 1. The van der Waals surface area contributed by atoms with Gasteiger partial charge in [0.15, 0.2) is 0 Å². The predicted molar refractivity (Wildman–Crippen MR) is 65.5 cm³/mol. The quantitative estimate of drug-likeness (QED) is 0.753. The Balaban J connectivity index is 1.84. The van der Waals surface area contributed by atoms with Gasteiger partial charge in [-0.15, -0.1) is 5.10 Å². The maximum Gasteiger partial charge on any atom is 0.322 e. The first-order valence-electron chi connectivity index (χ1n) is 6.15. The van der Waals surface area contributed by atoms with Crippen LogP contribution in [-0.4, -0.2) is 64.6 Å². The number of morpholine rings is 1. The molecule has 1 amide bonds. The summed E-state index contributed by atoms with van der Waals surface area (Å²) < 4.78 is 10.6. The third kappa shape index (κ3) is 3.98. The number of aliphatic hydroxyl groups is 1. The molecular formula is C11H18N4O4. The average Bonchev–Trinajstić information content (AvgIpc) is 2.73. The van der Waals surface area contributed by atoms with Gasteiger partial charge in [0.05, 0.1) is 25.4 Å². The molecule has 2 rings (SSSR count). The minimum absolute atomic E-state index is 0.00986. The van der Waals surface area contributed by atoms with Crippen LogP contribution in [0.1, 0.15) is 12.8 Å². The predicted octanol–water partition coefficient (Wildman–Crippen LogP) is -0.602. The summed E-state index contributed by atoms with van der Waals surface area (Å²) >= 11 is 0. The summed E-state index contributed by atoms with van der Waals surface area (Å²) in [5.74, 6) is 0.171. The van der Waals surface area contributed by atoms with E-state index in [-0.39, 0.29) is 37.3 Å². The first kappa shape index (κ1) is 13.9. The summed E-state index contributed by atoms with van der Waals surface area (Å²) in [4.78, 5) is 13.7. The second-order valence-corrected chi connectivity index (χ2v) is 4.62. The van der Waals surface area contributed by atoms with Crippen molar-refractivity contribution in [2.45, 2.75) is 26.1 Å².